The third kappa shape index (κ3) is 3.45. The first kappa shape index (κ1) is 18.1. The van der Waals surface area contributed by atoms with Crippen molar-refractivity contribution < 1.29 is 14.1 Å². The van der Waals surface area contributed by atoms with Crippen LogP contribution in [0, 0.1) is 19.8 Å². The lowest BCUT2D eigenvalue weighted by Gasteiger charge is -2.31. The summed E-state index contributed by atoms with van der Waals surface area (Å²) in [5.74, 6) is -0.209. The summed E-state index contributed by atoms with van der Waals surface area (Å²) in [6.07, 6.45) is 4.53. The molecule has 0 radical (unpaired) electrons. The van der Waals surface area contributed by atoms with Gasteiger partial charge in [0.05, 0.1) is 16.6 Å². The number of amides is 2. The van der Waals surface area contributed by atoms with E-state index in [9.17, 15) is 9.59 Å². The molecule has 8 nitrogen and oxygen atoms in total. The molecule has 1 N–H and O–H groups in total. The van der Waals surface area contributed by atoms with Gasteiger partial charge in [0.15, 0.2) is 0 Å². The Balaban J connectivity index is 1.45. The number of carbonyl (C=O) groups excluding carboxylic acids is 2. The fourth-order valence-corrected chi connectivity index (χ4v) is 3.58. The van der Waals surface area contributed by atoms with E-state index < -0.39 is 0 Å². The lowest BCUT2D eigenvalue weighted by molar-refractivity contribution is -0.121. The van der Waals surface area contributed by atoms with Crippen molar-refractivity contribution >= 4 is 28.6 Å². The van der Waals surface area contributed by atoms with Gasteiger partial charge in [-0.15, -0.1) is 0 Å². The summed E-state index contributed by atoms with van der Waals surface area (Å²) < 4.78 is 5.22. The maximum absolute atomic E-state index is 13.1. The Labute approximate surface area is 161 Å². The molecule has 0 spiro atoms. The molecule has 1 aliphatic heterocycles. The van der Waals surface area contributed by atoms with Crippen molar-refractivity contribution in [3.05, 3.63) is 47.5 Å². The van der Waals surface area contributed by atoms with E-state index >= 15 is 0 Å². The number of pyridine rings is 2. The van der Waals surface area contributed by atoms with E-state index in [4.69, 9.17) is 4.52 Å². The van der Waals surface area contributed by atoms with Gasteiger partial charge in [-0.3, -0.25) is 14.6 Å². The molecule has 1 saturated heterocycles. The van der Waals surface area contributed by atoms with E-state index in [0.717, 1.165) is 5.69 Å². The van der Waals surface area contributed by atoms with Crippen LogP contribution < -0.4 is 5.32 Å². The second-order valence-electron chi connectivity index (χ2n) is 7.05. The molecule has 8 heteroatoms. The van der Waals surface area contributed by atoms with Crippen molar-refractivity contribution in [3.8, 4) is 0 Å². The van der Waals surface area contributed by atoms with Gasteiger partial charge in [0.1, 0.15) is 0 Å². The molecule has 0 saturated carbocycles. The van der Waals surface area contributed by atoms with Gasteiger partial charge in [0.2, 0.25) is 5.91 Å². The van der Waals surface area contributed by atoms with Crippen molar-refractivity contribution in [3.63, 3.8) is 0 Å². The average Bonchev–Trinajstić information content (AvgIpc) is 3.08. The largest absolute Gasteiger partial charge is 0.339 e. The number of piperidine rings is 1. The van der Waals surface area contributed by atoms with E-state index in [-0.39, 0.29) is 17.7 Å². The molecule has 2 amide bonds. The molecule has 4 rings (SSSR count). The van der Waals surface area contributed by atoms with Crippen LogP contribution in [0.3, 0.4) is 0 Å². The van der Waals surface area contributed by atoms with Gasteiger partial charge < -0.3 is 14.7 Å². The lowest BCUT2D eigenvalue weighted by atomic mass is 9.95. The SMILES string of the molecule is Cc1cc(C(=O)N2CCC(C(=O)Nc3ccncc3)CC2)c2c(C)noc2n1. The molecule has 0 aromatic carbocycles. The van der Waals surface area contributed by atoms with Crippen LogP contribution in [0.25, 0.3) is 11.1 Å². The van der Waals surface area contributed by atoms with Crippen LogP contribution in [-0.2, 0) is 4.79 Å². The van der Waals surface area contributed by atoms with Crippen molar-refractivity contribution in [1.82, 2.24) is 20.0 Å². The zero-order chi connectivity index (χ0) is 19.7. The number of fused-ring (bicyclic) bond motifs is 1. The first-order chi connectivity index (χ1) is 13.5. The Bertz CT molecular complexity index is 1020. The van der Waals surface area contributed by atoms with Crippen molar-refractivity contribution in [1.29, 1.82) is 0 Å². The van der Waals surface area contributed by atoms with Gasteiger partial charge >= 0.3 is 0 Å². The number of rotatable bonds is 3. The number of likely N-dealkylation sites (tertiary alicyclic amines) is 1. The number of aromatic nitrogens is 3. The normalized spacial score (nSPS) is 15.0. The Hall–Kier alpha value is -3.29. The standard InChI is InChI=1S/C20H21N5O3/c1-12-11-16(17-13(2)24-28-19(17)22-12)20(27)25-9-5-14(6-10-25)18(26)23-15-3-7-21-8-4-15/h3-4,7-8,11,14H,5-6,9-10H2,1-2H3,(H,21,23,26). The van der Waals surface area contributed by atoms with E-state index in [1.54, 1.807) is 42.4 Å². The first-order valence-electron chi connectivity index (χ1n) is 9.26. The number of anilines is 1. The second kappa shape index (κ2) is 7.38. The highest BCUT2D eigenvalue weighted by atomic mass is 16.5. The van der Waals surface area contributed by atoms with Crippen molar-refractivity contribution in [2.45, 2.75) is 26.7 Å². The smallest absolute Gasteiger partial charge is 0.258 e. The van der Waals surface area contributed by atoms with Gasteiger partial charge in [-0.2, -0.15) is 0 Å². The average molecular weight is 379 g/mol. The minimum Gasteiger partial charge on any atom is -0.339 e. The molecular weight excluding hydrogens is 358 g/mol. The van der Waals surface area contributed by atoms with Crippen LogP contribution in [0.4, 0.5) is 5.69 Å². The highest BCUT2D eigenvalue weighted by Crippen LogP contribution is 2.26. The van der Waals surface area contributed by atoms with E-state index in [1.807, 2.05) is 6.92 Å². The molecule has 28 heavy (non-hydrogen) atoms. The van der Waals surface area contributed by atoms with Crippen LogP contribution in [0.15, 0.2) is 35.1 Å². The van der Waals surface area contributed by atoms with Crippen molar-refractivity contribution in [2.24, 2.45) is 5.92 Å². The summed E-state index contributed by atoms with van der Waals surface area (Å²) in [7, 11) is 0. The Morgan fingerprint density at radius 3 is 2.61 bits per heavy atom. The predicted octanol–water partition coefficient (Wildman–Crippen LogP) is 2.73. The summed E-state index contributed by atoms with van der Waals surface area (Å²) in [6, 6.07) is 5.29. The minimum atomic E-state index is -0.117. The monoisotopic (exact) mass is 379 g/mol. The number of carbonyl (C=O) groups is 2. The van der Waals surface area contributed by atoms with E-state index in [2.05, 4.69) is 20.4 Å². The topological polar surface area (TPSA) is 101 Å². The number of nitrogens with one attached hydrogen (secondary N) is 1. The van der Waals surface area contributed by atoms with Crippen LogP contribution in [-0.4, -0.2) is 44.9 Å². The molecule has 4 heterocycles. The van der Waals surface area contributed by atoms with E-state index in [1.165, 1.54) is 0 Å². The first-order valence-corrected chi connectivity index (χ1v) is 9.26. The fraction of sp³-hybridized carbons (Fsp3) is 0.350. The van der Waals surface area contributed by atoms with Crippen molar-refractivity contribution in [2.75, 3.05) is 18.4 Å². The predicted molar refractivity (Wildman–Crippen MR) is 103 cm³/mol. The van der Waals surface area contributed by atoms with E-state index in [0.29, 0.717) is 54.0 Å². The van der Waals surface area contributed by atoms with Crippen LogP contribution in [0.1, 0.15) is 34.6 Å². The molecule has 0 bridgehead atoms. The molecule has 1 aliphatic rings. The number of aryl methyl sites for hydroxylation is 2. The molecule has 0 aliphatic carbocycles. The molecule has 3 aromatic rings. The summed E-state index contributed by atoms with van der Waals surface area (Å²) in [5, 5.41) is 7.51. The number of hydrogen-bond acceptors (Lipinski definition) is 6. The fourth-order valence-electron chi connectivity index (χ4n) is 3.58. The Morgan fingerprint density at radius 1 is 1.18 bits per heavy atom. The van der Waals surface area contributed by atoms with Gasteiger partial charge in [0.25, 0.3) is 11.6 Å². The van der Waals surface area contributed by atoms with Crippen LogP contribution >= 0.6 is 0 Å². The highest BCUT2D eigenvalue weighted by molar-refractivity contribution is 6.06. The zero-order valence-electron chi connectivity index (χ0n) is 15.8. The summed E-state index contributed by atoms with van der Waals surface area (Å²) in [5.41, 5.74) is 3.03. The molecular formula is C20H21N5O3. The highest BCUT2D eigenvalue weighted by Gasteiger charge is 2.29. The number of nitrogens with zero attached hydrogens (tertiary/aromatic N) is 4. The lowest BCUT2D eigenvalue weighted by Crippen LogP contribution is -2.41. The van der Waals surface area contributed by atoms with Gasteiger partial charge in [-0.1, -0.05) is 5.16 Å². The third-order valence-electron chi connectivity index (χ3n) is 5.08. The van der Waals surface area contributed by atoms with Gasteiger partial charge in [0, 0.05) is 42.8 Å². The Morgan fingerprint density at radius 2 is 1.89 bits per heavy atom. The maximum atomic E-state index is 13.1. The number of hydrogen-bond donors (Lipinski definition) is 1. The van der Waals surface area contributed by atoms with Gasteiger partial charge in [-0.05, 0) is 44.9 Å². The van der Waals surface area contributed by atoms with Gasteiger partial charge in [-0.25, -0.2) is 4.98 Å². The van der Waals surface area contributed by atoms with Crippen LogP contribution in [0.2, 0.25) is 0 Å². The molecule has 0 unspecified atom stereocenters. The second-order valence-corrected chi connectivity index (χ2v) is 7.05. The summed E-state index contributed by atoms with van der Waals surface area (Å²) in [6.45, 7) is 4.68. The molecule has 3 aromatic heterocycles. The minimum absolute atomic E-state index is 0.0182. The third-order valence-corrected chi connectivity index (χ3v) is 5.08. The zero-order valence-corrected chi connectivity index (χ0v) is 15.8. The Kier molecular flexibility index (Phi) is 4.77. The summed E-state index contributed by atoms with van der Waals surface area (Å²) >= 11 is 0. The molecule has 144 valence electrons. The maximum Gasteiger partial charge on any atom is 0.258 e. The molecule has 0 atom stereocenters. The van der Waals surface area contributed by atoms with Crippen LogP contribution in [0.5, 0.6) is 0 Å². The summed E-state index contributed by atoms with van der Waals surface area (Å²) in [4.78, 5) is 35.6. The molecule has 1 fully saturated rings. The quantitative estimate of drug-likeness (QED) is 0.751.